The maximum absolute atomic E-state index is 13.2. The van der Waals surface area contributed by atoms with E-state index in [0.29, 0.717) is 24.1 Å². The first kappa shape index (κ1) is 30.6. The smallest absolute Gasteiger partial charge is 0.410 e. The van der Waals surface area contributed by atoms with Crippen molar-refractivity contribution >= 4 is 27.7 Å². The number of hydrogen-bond donors (Lipinski definition) is 2. The van der Waals surface area contributed by atoms with Crippen molar-refractivity contribution in [3.8, 4) is 17.2 Å². The Morgan fingerprint density at radius 2 is 1.77 bits per heavy atom. The molecule has 1 saturated heterocycles. The van der Waals surface area contributed by atoms with E-state index in [9.17, 15) is 22.8 Å². The van der Waals surface area contributed by atoms with Crippen molar-refractivity contribution < 1.29 is 27.5 Å². The Labute approximate surface area is 235 Å². The van der Waals surface area contributed by atoms with Crippen molar-refractivity contribution in [3.63, 3.8) is 0 Å². The van der Waals surface area contributed by atoms with E-state index in [1.165, 1.54) is 4.90 Å². The Bertz CT molecular complexity index is 1410. The maximum Gasteiger partial charge on any atom is 0.410 e. The maximum atomic E-state index is 13.2. The Morgan fingerprint density at radius 3 is 2.35 bits per heavy atom. The molecule has 1 aliphatic heterocycles. The van der Waals surface area contributed by atoms with E-state index in [-0.39, 0.29) is 17.7 Å². The SMILES string of the molecule is CC(C)(C)OC(=O)N1CCCCC1C(=O)NC(Cc1ccc(-c2ccc(CC#N)c(S(C)(=O)=O)c2)cc1)C(N)=O. The summed E-state index contributed by atoms with van der Waals surface area (Å²) in [6, 6.07) is 12.3. The monoisotopic (exact) mass is 568 g/mol. The Hall–Kier alpha value is -3.91. The molecule has 40 heavy (non-hydrogen) atoms. The normalized spacial score (nSPS) is 16.5. The highest BCUT2D eigenvalue weighted by molar-refractivity contribution is 7.90. The van der Waals surface area contributed by atoms with Crippen LogP contribution in [0.5, 0.6) is 0 Å². The van der Waals surface area contributed by atoms with E-state index < -0.39 is 45.4 Å². The molecule has 10 nitrogen and oxygen atoms in total. The third-order valence-electron chi connectivity index (χ3n) is 6.56. The molecule has 1 aliphatic rings. The van der Waals surface area contributed by atoms with Gasteiger partial charge in [-0.2, -0.15) is 5.26 Å². The van der Waals surface area contributed by atoms with Crippen LogP contribution in [0.15, 0.2) is 47.4 Å². The number of carbonyl (C=O) groups excluding carboxylic acids is 3. The lowest BCUT2D eigenvalue weighted by Gasteiger charge is -2.36. The van der Waals surface area contributed by atoms with E-state index in [0.717, 1.165) is 30.2 Å². The number of nitrogens with two attached hydrogens (primary N) is 1. The lowest BCUT2D eigenvalue weighted by molar-refractivity contribution is -0.131. The number of sulfone groups is 1. The number of primary amides is 1. The summed E-state index contributed by atoms with van der Waals surface area (Å²) in [5, 5.41) is 11.7. The van der Waals surface area contributed by atoms with Crippen molar-refractivity contribution in [1.82, 2.24) is 10.2 Å². The first-order chi connectivity index (χ1) is 18.7. The molecule has 0 radical (unpaired) electrons. The first-order valence-corrected chi connectivity index (χ1v) is 15.0. The van der Waals surface area contributed by atoms with Crippen molar-refractivity contribution in [3.05, 3.63) is 53.6 Å². The predicted octanol–water partition coefficient (Wildman–Crippen LogP) is 3.13. The van der Waals surface area contributed by atoms with Crippen molar-refractivity contribution in [2.45, 2.75) is 75.5 Å². The molecule has 2 aromatic rings. The molecule has 11 heteroatoms. The van der Waals surface area contributed by atoms with Crippen LogP contribution in [-0.2, 0) is 37.0 Å². The summed E-state index contributed by atoms with van der Waals surface area (Å²) in [5.74, 6) is -1.17. The van der Waals surface area contributed by atoms with E-state index in [4.69, 9.17) is 15.7 Å². The zero-order valence-electron chi connectivity index (χ0n) is 23.3. The van der Waals surface area contributed by atoms with Crippen LogP contribution in [0.4, 0.5) is 4.79 Å². The number of piperidine rings is 1. The first-order valence-electron chi connectivity index (χ1n) is 13.1. The average Bonchev–Trinajstić information content (AvgIpc) is 2.87. The van der Waals surface area contributed by atoms with Gasteiger partial charge >= 0.3 is 6.09 Å². The summed E-state index contributed by atoms with van der Waals surface area (Å²) in [5.41, 5.74) is 7.48. The predicted molar refractivity (Wildman–Crippen MR) is 150 cm³/mol. The third-order valence-corrected chi connectivity index (χ3v) is 7.74. The van der Waals surface area contributed by atoms with E-state index in [2.05, 4.69) is 5.32 Å². The van der Waals surface area contributed by atoms with Gasteiger partial charge in [0.2, 0.25) is 11.8 Å². The van der Waals surface area contributed by atoms with Crippen LogP contribution in [0, 0.1) is 11.3 Å². The molecule has 0 spiro atoms. The van der Waals surface area contributed by atoms with Gasteiger partial charge in [-0.15, -0.1) is 0 Å². The van der Waals surface area contributed by atoms with E-state index in [1.54, 1.807) is 63.2 Å². The summed E-state index contributed by atoms with van der Waals surface area (Å²) in [6.45, 7) is 5.65. The van der Waals surface area contributed by atoms with Gasteiger partial charge in [-0.25, -0.2) is 13.2 Å². The van der Waals surface area contributed by atoms with E-state index >= 15 is 0 Å². The number of nitrogens with zero attached hydrogens (tertiary/aromatic N) is 2. The van der Waals surface area contributed by atoms with Crippen LogP contribution >= 0.6 is 0 Å². The Morgan fingerprint density at radius 1 is 1.12 bits per heavy atom. The molecule has 0 bridgehead atoms. The molecule has 3 N–H and O–H groups in total. The standard InChI is InChI=1S/C29H36N4O6S/c1-29(2,3)39-28(36)33-16-6-5-7-24(33)27(35)32-23(26(31)34)17-19-8-10-20(11-9-19)22-13-12-21(14-15-30)25(18-22)40(4,37)38/h8-13,18,23-24H,5-7,14,16-17H2,1-4H3,(H2,31,34)(H,32,35). The molecule has 2 unspecified atom stereocenters. The van der Waals surface area contributed by atoms with Crippen molar-refractivity contribution in [2.75, 3.05) is 12.8 Å². The second kappa shape index (κ2) is 12.5. The minimum Gasteiger partial charge on any atom is -0.444 e. The number of hydrogen-bond acceptors (Lipinski definition) is 7. The number of benzene rings is 2. The minimum atomic E-state index is -3.53. The molecule has 2 atom stereocenters. The van der Waals surface area contributed by atoms with Gasteiger partial charge < -0.3 is 15.8 Å². The largest absolute Gasteiger partial charge is 0.444 e. The van der Waals surface area contributed by atoms with Crippen LogP contribution < -0.4 is 11.1 Å². The number of nitriles is 1. The quantitative estimate of drug-likeness (QED) is 0.495. The topological polar surface area (TPSA) is 160 Å². The van der Waals surface area contributed by atoms with Crippen LogP contribution in [0.3, 0.4) is 0 Å². The molecule has 0 saturated carbocycles. The second-order valence-electron chi connectivity index (χ2n) is 11.0. The van der Waals surface area contributed by atoms with Crippen LogP contribution in [0.1, 0.15) is 51.2 Å². The van der Waals surface area contributed by atoms with Gasteiger partial charge in [0.05, 0.1) is 17.4 Å². The molecule has 3 rings (SSSR count). The fraction of sp³-hybridized carbons (Fsp3) is 0.448. The number of carbonyl (C=O) groups is 3. The zero-order valence-corrected chi connectivity index (χ0v) is 24.1. The van der Waals surface area contributed by atoms with Gasteiger partial charge in [0, 0.05) is 19.2 Å². The zero-order chi connectivity index (χ0) is 29.7. The second-order valence-corrected chi connectivity index (χ2v) is 13.0. The van der Waals surface area contributed by atoms with Crippen molar-refractivity contribution in [2.24, 2.45) is 5.73 Å². The highest BCUT2D eigenvalue weighted by Crippen LogP contribution is 2.27. The van der Waals surface area contributed by atoms with Gasteiger partial charge in [-0.1, -0.05) is 36.4 Å². The van der Waals surface area contributed by atoms with Crippen LogP contribution in [-0.4, -0.2) is 61.7 Å². The Kier molecular flexibility index (Phi) is 9.58. The summed E-state index contributed by atoms with van der Waals surface area (Å²) in [7, 11) is -3.53. The number of likely N-dealkylation sites (tertiary alicyclic amines) is 1. The average molecular weight is 569 g/mol. The lowest BCUT2D eigenvalue weighted by atomic mass is 9.98. The van der Waals surface area contributed by atoms with Gasteiger partial charge in [-0.3, -0.25) is 14.5 Å². The van der Waals surface area contributed by atoms with Crippen LogP contribution in [0.25, 0.3) is 11.1 Å². The fourth-order valence-electron chi connectivity index (χ4n) is 4.61. The highest BCUT2D eigenvalue weighted by Gasteiger charge is 2.36. The lowest BCUT2D eigenvalue weighted by Crippen LogP contribution is -2.56. The molecule has 2 aromatic carbocycles. The molecule has 214 valence electrons. The summed E-state index contributed by atoms with van der Waals surface area (Å²) >= 11 is 0. The minimum absolute atomic E-state index is 0.0156. The highest BCUT2D eigenvalue weighted by atomic mass is 32.2. The van der Waals surface area contributed by atoms with Crippen LogP contribution in [0.2, 0.25) is 0 Å². The molecule has 0 aromatic heterocycles. The van der Waals surface area contributed by atoms with Gasteiger partial charge in [0.15, 0.2) is 9.84 Å². The Balaban J connectivity index is 1.75. The number of nitrogens with one attached hydrogen (secondary N) is 1. The number of amides is 3. The molecule has 3 amide bonds. The van der Waals surface area contributed by atoms with Gasteiger partial charge in [-0.05, 0) is 68.4 Å². The molecule has 1 heterocycles. The summed E-state index contributed by atoms with van der Waals surface area (Å²) < 4.78 is 30.0. The fourth-order valence-corrected chi connectivity index (χ4v) is 5.57. The van der Waals surface area contributed by atoms with Gasteiger partial charge in [0.1, 0.15) is 17.7 Å². The molecule has 0 aliphatic carbocycles. The summed E-state index contributed by atoms with van der Waals surface area (Å²) in [4.78, 5) is 39.6. The summed E-state index contributed by atoms with van der Waals surface area (Å²) in [6.07, 6.45) is 2.62. The molecule has 1 fully saturated rings. The number of rotatable bonds is 8. The van der Waals surface area contributed by atoms with Crippen molar-refractivity contribution in [1.29, 1.82) is 5.26 Å². The molecular formula is C29H36N4O6S. The third kappa shape index (κ3) is 8.05. The number of ether oxygens (including phenoxy) is 1. The van der Waals surface area contributed by atoms with E-state index in [1.807, 2.05) is 6.07 Å². The van der Waals surface area contributed by atoms with Gasteiger partial charge in [0.25, 0.3) is 0 Å². The molecular weight excluding hydrogens is 532 g/mol.